The number of alkyl halides is 3. The zero-order chi connectivity index (χ0) is 17.9. The molecule has 0 saturated carbocycles. The molecule has 7 heteroatoms. The standard InChI is InChI=1S/C17H9F3O4/c18-17(19,20)14-4-2-1-3-11(14)7-5-10-6-8-12(15(21)22)13(9-10)16(23)24/h1-4,6,8-9H,(H,21,22)(H,23,24). The minimum Gasteiger partial charge on any atom is -0.478 e. The molecule has 0 aromatic heterocycles. The minimum absolute atomic E-state index is 0.0920. The Morgan fingerprint density at radius 2 is 1.50 bits per heavy atom. The molecular weight excluding hydrogens is 325 g/mol. The van der Waals surface area contributed by atoms with E-state index in [-0.39, 0.29) is 11.1 Å². The predicted molar refractivity (Wildman–Crippen MR) is 77.8 cm³/mol. The fraction of sp³-hybridized carbons (Fsp3) is 0.0588. The summed E-state index contributed by atoms with van der Waals surface area (Å²) in [5, 5.41) is 17.9. The molecule has 0 saturated heterocycles. The topological polar surface area (TPSA) is 74.6 Å². The summed E-state index contributed by atoms with van der Waals surface area (Å²) in [7, 11) is 0. The Morgan fingerprint density at radius 3 is 2.08 bits per heavy atom. The summed E-state index contributed by atoms with van der Waals surface area (Å²) >= 11 is 0. The zero-order valence-corrected chi connectivity index (χ0v) is 11.9. The molecule has 2 rings (SSSR count). The van der Waals surface area contributed by atoms with Crippen LogP contribution in [0.25, 0.3) is 0 Å². The lowest BCUT2D eigenvalue weighted by atomic mass is 10.0. The molecule has 0 aliphatic rings. The molecule has 0 bridgehead atoms. The third kappa shape index (κ3) is 3.73. The summed E-state index contributed by atoms with van der Waals surface area (Å²) in [4.78, 5) is 22.0. The molecule has 0 aliphatic carbocycles. The van der Waals surface area contributed by atoms with Crippen molar-refractivity contribution in [2.45, 2.75) is 6.18 Å². The second-order valence-corrected chi connectivity index (χ2v) is 4.66. The highest BCUT2D eigenvalue weighted by molar-refractivity contribution is 6.01. The van der Waals surface area contributed by atoms with Gasteiger partial charge in [-0.15, -0.1) is 0 Å². The molecular formula is C17H9F3O4. The SMILES string of the molecule is O=C(O)c1ccc(C#Cc2ccccc2C(F)(F)F)cc1C(=O)O. The van der Waals surface area contributed by atoms with Gasteiger partial charge in [0.25, 0.3) is 0 Å². The maximum Gasteiger partial charge on any atom is 0.417 e. The van der Waals surface area contributed by atoms with Crippen molar-refractivity contribution < 1.29 is 33.0 Å². The fourth-order valence-electron chi connectivity index (χ4n) is 1.96. The maximum absolute atomic E-state index is 12.9. The lowest BCUT2D eigenvalue weighted by Crippen LogP contribution is -2.08. The Kier molecular flexibility index (Phi) is 4.60. The van der Waals surface area contributed by atoms with Crippen molar-refractivity contribution >= 4 is 11.9 Å². The van der Waals surface area contributed by atoms with Crippen LogP contribution in [0, 0.1) is 11.8 Å². The van der Waals surface area contributed by atoms with E-state index >= 15 is 0 Å². The van der Waals surface area contributed by atoms with Gasteiger partial charge in [-0.25, -0.2) is 9.59 Å². The number of carboxylic acids is 2. The molecule has 2 aromatic rings. The fourth-order valence-corrected chi connectivity index (χ4v) is 1.96. The number of hydrogen-bond acceptors (Lipinski definition) is 2. The third-order valence-electron chi connectivity index (χ3n) is 3.05. The van der Waals surface area contributed by atoms with Crippen molar-refractivity contribution in [1.82, 2.24) is 0 Å². The second-order valence-electron chi connectivity index (χ2n) is 4.66. The number of rotatable bonds is 2. The first-order valence-electron chi connectivity index (χ1n) is 6.49. The molecule has 122 valence electrons. The number of halogens is 3. The Labute approximate surface area is 134 Å². The van der Waals surface area contributed by atoms with Crippen LogP contribution in [0.5, 0.6) is 0 Å². The smallest absolute Gasteiger partial charge is 0.417 e. The molecule has 0 amide bonds. The third-order valence-corrected chi connectivity index (χ3v) is 3.05. The van der Waals surface area contributed by atoms with Crippen molar-refractivity contribution in [1.29, 1.82) is 0 Å². The van der Waals surface area contributed by atoms with Crippen molar-refractivity contribution in [3.63, 3.8) is 0 Å². The Hall–Kier alpha value is -3.27. The first kappa shape index (κ1) is 17.1. The van der Waals surface area contributed by atoms with Crippen LogP contribution in [0.3, 0.4) is 0 Å². The van der Waals surface area contributed by atoms with Crippen LogP contribution < -0.4 is 0 Å². The highest BCUT2D eigenvalue weighted by Crippen LogP contribution is 2.31. The Balaban J connectivity index is 2.48. The molecule has 0 unspecified atom stereocenters. The molecule has 0 aliphatic heterocycles. The minimum atomic E-state index is -4.56. The summed E-state index contributed by atoms with van der Waals surface area (Å²) in [6.45, 7) is 0. The Bertz CT molecular complexity index is 873. The normalized spacial score (nSPS) is 10.6. The molecule has 0 heterocycles. The number of carboxylic acid groups (broad SMARTS) is 2. The van der Waals surface area contributed by atoms with Crippen molar-refractivity contribution in [2.24, 2.45) is 0 Å². The van der Waals surface area contributed by atoms with Gasteiger partial charge in [0.1, 0.15) is 0 Å². The van der Waals surface area contributed by atoms with E-state index in [4.69, 9.17) is 10.2 Å². The lowest BCUT2D eigenvalue weighted by molar-refractivity contribution is -0.137. The summed E-state index contributed by atoms with van der Waals surface area (Å²) < 4.78 is 38.6. The molecule has 4 nitrogen and oxygen atoms in total. The zero-order valence-electron chi connectivity index (χ0n) is 11.9. The summed E-state index contributed by atoms with van der Waals surface area (Å²) in [6, 6.07) is 8.01. The highest BCUT2D eigenvalue weighted by Gasteiger charge is 2.32. The molecule has 2 N–H and O–H groups in total. The van der Waals surface area contributed by atoms with Gasteiger partial charge in [-0.3, -0.25) is 0 Å². The monoisotopic (exact) mass is 334 g/mol. The van der Waals surface area contributed by atoms with Gasteiger partial charge < -0.3 is 10.2 Å². The van der Waals surface area contributed by atoms with Gasteiger partial charge in [-0.05, 0) is 30.3 Å². The maximum atomic E-state index is 12.9. The number of carbonyl (C=O) groups is 2. The van der Waals surface area contributed by atoms with Crippen LogP contribution in [0.4, 0.5) is 13.2 Å². The van der Waals surface area contributed by atoms with Crippen molar-refractivity contribution in [3.05, 3.63) is 70.3 Å². The molecule has 0 fully saturated rings. The van der Waals surface area contributed by atoms with Crippen LogP contribution in [0.2, 0.25) is 0 Å². The van der Waals surface area contributed by atoms with Gasteiger partial charge in [-0.2, -0.15) is 13.2 Å². The number of benzene rings is 2. The van der Waals surface area contributed by atoms with E-state index in [1.165, 1.54) is 24.3 Å². The number of aromatic carboxylic acids is 2. The van der Waals surface area contributed by atoms with Crippen molar-refractivity contribution in [2.75, 3.05) is 0 Å². The van der Waals surface area contributed by atoms with Crippen LogP contribution >= 0.6 is 0 Å². The molecule has 2 aromatic carbocycles. The number of hydrogen-bond donors (Lipinski definition) is 2. The summed E-state index contributed by atoms with van der Waals surface area (Å²) in [6.07, 6.45) is -4.56. The van der Waals surface area contributed by atoms with E-state index in [2.05, 4.69) is 11.8 Å². The molecule has 0 spiro atoms. The van der Waals surface area contributed by atoms with Gasteiger partial charge in [0.05, 0.1) is 16.7 Å². The van der Waals surface area contributed by atoms with Crippen LogP contribution in [0.15, 0.2) is 42.5 Å². The van der Waals surface area contributed by atoms with E-state index in [1.807, 2.05) is 0 Å². The Morgan fingerprint density at radius 1 is 0.875 bits per heavy atom. The highest BCUT2D eigenvalue weighted by atomic mass is 19.4. The van der Waals surface area contributed by atoms with Crippen LogP contribution in [-0.2, 0) is 6.18 Å². The van der Waals surface area contributed by atoms with Crippen molar-refractivity contribution in [3.8, 4) is 11.8 Å². The van der Waals surface area contributed by atoms with E-state index < -0.39 is 34.8 Å². The van der Waals surface area contributed by atoms with E-state index in [1.54, 1.807) is 0 Å². The molecule has 24 heavy (non-hydrogen) atoms. The summed E-state index contributed by atoms with van der Waals surface area (Å²) in [5.41, 5.74) is -1.99. The van der Waals surface area contributed by atoms with Gasteiger partial charge in [-0.1, -0.05) is 24.0 Å². The van der Waals surface area contributed by atoms with Crippen LogP contribution in [-0.4, -0.2) is 22.2 Å². The van der Waals surface area contributed by atoms with Gasteiger partial charge in [0, 0.05) is 11.1 Å². The molecule has 0 atom stereocenters. The second kappa shape index (κ2) is 6.46. The van der Waals surface area contributed by atoms with Gasteiger partial charge in [0.2, 0.25) is 0 Å². The average Bonchev–Trinajstić information content (AvgIpc) is 2.51. The van der Waals surface area contributed by atoms with E-state index in [0.717, 1.165) is 18.2 Å². The lowest BCUT2D eigenvalue weighted by Gasteiger charge is -2.08. The van der Waals surface area contributed by atoms with Gasteiger partial charge in [0.15, 0.2) is 0 Å². The first-order valence-corrected chi connectivity index (χ1v) is 6.49. The average molecular weight is 334 g/mol. The quantitative estimate of drug-likeness (QED) is 0.824. The van der Waals surface area contributed by atoms with Crippen LogP contribution in [0.1, 0.15) is 37.4 Å². The van der Waals surface area contributed by atoms with Gasteiger partial charge >= 0.3 is 18.1 Å². The molecule has 0 radical (unpaired) electrons. The van der Waals surface area contributed by atoms with E-state index in [0.29, 0.717) is 0 Å². The largest absolute Gasteiger partial charge is 0.478 e. The summed E-state index contributed by atoms with van der Waals surface area (Å²) in [5.74, 6) is 1.88. The van der Waals surface area contributed by atoms with E-state index in [9.17, 15) is 22.8 Å². The first-order chi connectivity index (χ1) is 11.2. The predicted octanol–water partition coefficient (Wildman–Crippen LogP) is 3.50.